The molecule has 2 fully saturated rings. The van der Waals surface area contributed by atoms with Gasteiger partial charge in [-0.1, -0.05) is 43.2 Å². The maximum atomic E-state index is 14.0. The molecule has 1 aromatic heterocycles. The first-order valence-corrected chi connectivity index (χ1v) is 17.3. The van der Waals surface area contributed by atoms with Crippen molar-refractivity contribution < 1.29 is 38.2 Å². The Balaban J connectivity index is 1.29. The Bertz CT molecular complexity index is 1460. The minimum absolute atomic E-state index is 0.0188. The van der Waals surface area contributed by atoms with E-state index >= 15 is 0 Å². The average molecular weight is 696 g/mol. The normalized spacial score (nSPS) is 18.0. The summed E-state index contributed by atoms with van der Waals surface area (Å²) >= 11 is 0. The number of carbonyl (C=O) groups is 6. The van der Waals surface area contributed by atoms with Gasteiger partial charge >= 0.3 is 12.2 Å². The number of nitrogens with zero attached hydrogens (tertiary/aromatic N) is 3. The van der Waals surface area contributed by atoms with Gasteiger partial charge in [0.2, 0.25) is 23.6 Å². The number of amides is 6. The maximum Gasteiger partial charge on any atom is 0.417 e. The van der Waals surface area contributed by atoms with Gasteiger partial charge < -0.3 is 35.3 Å². The van der Waals surface area contributed by atoms with Crippen molar-refractivity contribution in [2.45, 2.75) is 109 Å². The summed E-state index contributed by atoms with van der Waals surface area (Å²) in [6.07, 6.45) is 6.11. The Hall–Kier alpha value is -4.95. The second kappa shape index (κ2) is 18.2. The first-order valence-electron chi connectivity index (χ1n) is 17.3. The van der Waals surface area contributed by atoms with Crippen LogP contribution in [0.4, 0.5) is 9.59 Å². The summed E-state index contributed by atoms with van der Waals surface area (Å²) in [5, 5.41) is 8.43. The zero-order valence-electron chi connectivity index (χ0n) is 29.1. The highest BCUT2D eigenvalue weighted by Crippen LogP contribution is 2.23. The molecule has 4 N–H and O–H groups in total. The van der Waals surface area contributed by atoms with Crippen molar-refractivity contribution in [1.82, 2.24) is 35.7 Å². The zero-order chi connectivity index (χ0) is 36.1. The van der Waals surface area contributed by atoms with Gasteiger partial charge in [-0.25, -0.2) is 19.5 Å². The zero-order valence-corrected chi connectivity index (χ0v) is 29.1. The van der Waals surface area contributed by atoms with E-state index in [0.29, 0.717) is 38.2 Å². The molecular formula is C35H49N7O8. The number of carbonyl (C=O) groups excluding carboxylic acids is 6. The third kappa shape index (κ3) is 11.3. The predicted molar refractivity (Wildman–Crippen MR) is 181 cm³/mol. The topological polar surface area (TPSA) is 192 Å². The van der Waals surface area contributed by atoms with Gasteiger partial charge in [0, 0.05) is 44.4 Å². The molecule has 3 atom stereocenters. The number of ether oxygens (including phenoxy) is 2. The van der Waals surface area contributed by atoms with Crippen LogP contribution in [0.2, 0.25) is 0 Å². The number of imidazole rings is 1. The molecule has 0 saturated carbocycles. The summed E-state index contributed by atoms with van der Waals surface area (Å²) in [7, 11) is 0. The molecule has 15 heteroatoms. The summed E-state index contributed by atoms with van der Waals surface area (Å²) in [6, 6.07) is 6.05. The lowest BCUT2D eigenvalue weighted by molar-refractivity contribution is -0.142. The number of hydrogen-bond donors (Lipinski definition) is 4. The van der Waals surface area contributed by atoms with E-state index in [1.54, 1.807) is 30.5 Å². The third-order valence-electron chi connectivity index (χ3n) is 8.42. The van der Waals surface area contributed by atoms with Gasteiger partial charge in [-0.2, -0.15) is 0 Å². The number of aromatic nitrogens is 2. The average Bonchev–Trinajstić information content (AvgIpc) is 3.85. The van der Waals surface area contributed by atoms with Crippen molar-refractivity contribution >= 4 is 35.8 Å². The van der Waals surface area contributed by atoms with Crippen molar-refractivity contribution in [2.24, 2.45) is 0 Å². The highest BCUT2D eigenvalue weighted by Gasteiger charge is 2.44. The smallest absolute Gasteiger partial charge is 0.417 e. The van der Waals surface area contributed by atoms with Gasteiger partial charge in [-0.15, -0.1) is 0 Å². The molecule has 272 valence electrons. The number of imide groups is 1. The van der Waals surface area contributed by atoms with E-state index in [2.05, 4.69) is 25.9 Å². The second-order valence-electron chi connectivity index (χ2n) is 13.5. The fraction of sp³-hybridized carbons (Fsp3) is 0.571. The molecule has 15 nitrogen and oxygen atoms in total. The van der Waals surface area contributed by atoms with Crippen LogP contribution in [0.15, 0.2) is 42.9 Å². The standard InChI is InChI=1S/C35H49N7O8/c1-35(2,3)50-33(47)38-18-10-5-4-9-17-37-30(44)27-14-11-19-41(27)32(46)26(20-25-21-36-23-39-25)40-31(45)28-15-16-29(43)42(28)34(48)49-22-24-12-7-6-8-13-24/h6-8,12-13,21,23,26-28H,4-5,9-11,14-20,22H2,1-3H3,(H,36,39)(H,37,44)(H,38,47)(H,40,45)/t26-,27-,28-/m0/s1. The molecule has 1 aromatic carbocycles. The second-order valence-corrected chi connectivity index (χ2v) is 13.5. The fourth-order valence-electron chi connectivity index (χ4n) is 5.97. The van der Waals surface area contributed by atoms with E-state index in [9.17, 15) is 28.8 Å². The van der Waals surface area contributed by atoms with Crippen molar-refractivity contribution in [3.05, 3.63) is 54.1 Å². The summed E-state index contributed by atoms with van der Waals surface area (Å²) < 4.78 is 10.6. The molecule has 3 heterocycles. The minimum Gasteiger partial charge on any atom is -0.444 e. The van der Waals surface area contributed by atoms with Crippen LogP contribution in [0, 0.1) is 0 Å². The number of aromatic amines is 1. The van der Waals surface area contributed by atoms with Crippen LogP contribution >= 0.6 is 0 Å². The summed E-state index contributed by atoms with van der Waals surface area (Å²) in [4.78, 5) is 87.4. The number of nitrogens with one attached hydrogen (secondary N) is 4. The van der Waals surface area contributed by atoms with Gasteiger partial charge in [0.15, 0.2) is 0 Å². The van der Waals surface area contributed by atoms with Gasteiger partial charge in [0.1, 0.15) is 30.3 Å². The fourth-order valence-corrected chi connectivity index (χ4v) is 5.97. The van der Waals surface area contributed by atoms with Crippen LogP contribution < -0.4 is 16.0 Å². The molecule has 0 unspecified atom stereocenters. The van der Waals surface area contributed by atoms with Crippen molar-refractivity contribution in [3.8, 4) is 0 Å². The number of rotatable bonds is 15. The molecule has 0 bridgehead atoms. The largest absolute Gasteiger partial charge is 0.444 e. The van der Waals surface area contributed by atoms with Crippen molar-refractivity contribution in [1.29, 1.82) is 0 Å². The highest BCUT2D eigenvalue weighted by atomic mass is 16.6. The van der Waals surface area contributed by atoms with Crippen LogP contribution in [-0.4, -0.2) is 98.9 Å². The van der Waals surface area contributed by atoms with E-state index in [4.69, 9.17) is 9.47 Å². The van der Waals surface area contributed by atoms with E-state index in [1.807, 2.05) is 26.8 Å². The SMILES string of the molecule is CC(C)(C)OC(=O)NCCCCCCNC(=O)[C@@H]1CCCN1C(=O)[C@H](Cc1cnc[nH]1)NC(=O)[C@@H]1CCC(=O)N1C(=O)OCc1ccccc1. The molecule has 2 saturated heterocycles. The summed E-state index contributed by atoms with van der Waals surface area (Å²) in [6.45, 7) is 6.65. The highest BCUT2D eigenvalue weighted by molar-refractivity contribution is 6.02. The maximum absolute atomic E-state index is 14.0. The Morgan fingerprint density at radius 2 is 1.68 bits per heavy atom. The lowest BCUT2D eigenvalue weighted by Gasteiger charge is -2.30. The van der Waals surface area contributed by atoms with E-state index < -0.39 is 53.6 Å². The van der Waals surface area contributed by atoms with Crippen molar-refractivity contribution in [2.75, 3.05) is 19.6 Å². The Morgan fingerprint density at radius 3 is 2.36 bits per heavy atom. The Labute approximate surface area is 292 Å². The van der Waals surface area contributed by atoms with Crippen LogP contribution in [0.25, 0.3) is 0 Å². The molecule has 50 heavy (non-hydrogen) atoms. The van der Waals surface area contributed by atoms with Crippen LogP contribution in [0.1, 0.15) is 83.4 Å². The predicted octanol–water partition coefficient (Wildman–Crippen LogP) is 2.96. The number of likely N-dealkylation sites (tertiary alicyclic amines) is 2. The summed E-state index contributed by atoms with van der Waals surface area (Å²) in [5.41, 5.74) is 0.773. The number of hydrogen-bond acceptors (Lipinski definition) is 9. The first kappa shape index (κ1) is 37.9. The van der Waals surface area contributed by atoms with E-state index in [0.717, 1.165) is 36.1 Å². The van der Waals surface area contributed by atoms with Crippen LogP contribution in [0.3, 0.4) is 0 Å². The molecular weight excluding hydrogens is 646 g/mol. The van der Waals surface area contributed by atoms with Gasteiger partial charge in [0.25, 0.3) is 0 Å². The van der Waals surface area contributed by atoms with Crippen LogP contribution in [-0.2, 0) is 41.7 Å². The van der Waals surface area contributed by atoms with E-state index in [-0.39, 0.29) is 31.8 Å². The Morgan fingerprint density at radius 1 is 0.960 bits per heavy atom. The molecule has 0 radical (unpaired) electrons. The number of alkyl carbamates (subject to hydrolysis) is 1. The number of H-pyrrole nitrogens is 1. The third-order valence-corrected chi connectivity index (χ3v) is 8.42. The Kier molecular flexibility index (Phi) is 13.8. The van der Waals surface area contributed by atoms with Crippen LogP contribution in [0.5, 0.6) is 0 Å². The van der Waals surface area contributed by atoms with E-state index in [1.165, 1.54) is 11.2 Å². The number of benzene rings is 1. The lowest BCUT2D eigenvalue weighted by Crippen LogP contribution is -2.57. The molecule has 0 spiro atoms. The van der Waals surface area contributed by atoms with Gasteiger partial charge in [-0.05, 0) is 58.4 Å². The quantitative estimate of drug-likeness (QED) is 0.203. The number of unbranched alkanes of at least 4 members (excludes halogenated alkanes) is 3. The molecule has 2 aromatic rings. The molecule has 2 aliphatic rings. The summed E-state index contributed by atoms with van der Waals surface area (Å²) in [5.74, 6) is -1.89. The lowest BCUT2D eigenvalue weighted by atomic mass is 10.1. The van der Waals surface area contributed by atoms with Gasteiger partial charge in [0.05, 0.1) is 6.33 Å². The minimum atomic E-state index is -1.14. The van der Waals surface area contributed by atoms with Gasteiger partial charge in [-0.3, -0.25) is 19.2 Å². The molecule has 2 aliphatic heterocycles. The molecule has 6 amide bonds. The van der Waals surface area contributed by atoms with Crippen molar-refractivity contribution in [3.63, 3.8) is 0 Å². The first-order chi connectivity index (χ1) is 23.9. The molecule has 0 aliphatic carbocycles. The monoisotopic (exact) mass is 695 g/mol. The molecule has 4 rings (SSSR count).